The Kier molecular flexibility index (Phi) is 1.63. The Bertz CT molecular complexity index is 53.2. The largest absolute Gasteiger partial charge is 0.154 e. The van der Waals surface area contributed by atoms with Crippen molar-refractivity contribution in [2.24, 2.45) is 5.92 Å². The smallest absolute Gasteiger partial charge is 0.0304 e. The standard InChI is InChI=1S/C6H11S/c1-5-3-4-7-6(5)2/h5H,3-4H2,1-2H3. The molecular weight excluding hydrogens is 104 g/mol. The molecule has 1 radical (unpaired) electrons. The van der Waals surface area contributed by atoms with E-state index in [-0.39, 0.29) is 0 Å². The fourth-order valence-electron chi connectivity index (χ4n) is 0.742. The highest BCUT2D eigenvalue weighted by molar-refractivity contribution is 8.02. The molecule has 1 atom stereocenters. The summed E-state index contributed by atoms with van der Waals surface area (Å²) in [6.45, 7) is 4.54. The highest BCUT2D eigenvalue weighted by Crippen LogP contribution is 2.37. The lowest BCUT2D eigenvalue weighted by molar-refractivity contribution is 0.663. The lowest BCUT2D eigenvalue weighted by Crippen LogP contribution is -1.90. The van der Waals surface area contributed by atoms with Gasteiger partial charge in [0.05, 0.1) is 0 Å². The first-order valence-electron chi connectivity index (χ1n) is 2.77. The predicted molar refractivity (Wildman–Crippen MR) is 35.2 cm³/mol. The van der Waals surface area contributed by atoms with E-state index in [9.17, 15) is 0 Å². The van der Waals surface area contributed by atoms with Gasteiger partial charge in [0.2, 0.25) is 0 Å². The van der Waals surface area contributed by atoms with Crippen molar-refractivity contribution in [3.8, 4) is 0 Å². The van der Waals surface area contributed by atoms with Crippen LogP contribution in [0.5, 0.6) is 0 Å². The Morgan fingerprint density at radius 2 is 2.43 bits per heavy atom. The second-order valence-corrected chi connectivity index (χ2v) is 3.49. The van der Waals surface area contributed by atoms with E-state index in [4.69, 9.17) is 0 Å². The molecule has 1 rings (SSSR count). The average Bonchev–Trinajstić information content (AvgIpc) is 1.91. The summed E-state index contributed by atoms with van der Waals surface area (Å²) in [7, 11) is 0. The van der Waals surface area contributed by atoms with E-state index in [1.807, 2.05) is 11.8 Å². The molecule has 7 heavy (non-hydrogen) atoms. The zero-order valence-electron chi connectivity index (χ0n) is 4.90. The third kappa shape index (κ3) is 1.12. The molecule has 1 heteroatoms. The summed E-state index contributed by atoms with van der Waals surface area (Å²) in [6, 6.07) is 0. The number of rotatable bonds is 0. The minimum absolute atomic E-state index is 0.894. The van der Waals surface area contributed by atoms with Crippen molar-refractivity contribution in [2.45, 2.75) is 20.3 Å². The molecule has 0 N–H and O–H groups in total. The molecule has 0 saturated carbocycles. The number of thioether (sulfide) groups is 1. The molecule has 0 amide bonds. The fraction of sp³-hybridized carbons (Fsp3) is 0.833. The second kappa shape index (κ2) is 2.08. The zero-order valence-corrected chi connectivity index (χ0v) is 5.72. The van der Waals surface area contributed by atoms with Crippen LogP contribution < -0.4 is 0 Å². The van der Waals surface area contributed by atoms with E-state index in [0.29, 0.717) is 0 Å². The summed E-state index contributed by atoms with van der Waals surface area (Å²) in [6.07, 6.45) is 1.40. The van der Waals surface area contributed by atoms with Gasteiger partial charge in [0.15, 0.2) is 0 Å². The molecule has 0 aromatic heterocycles. The molecule has 41 valence electrons. The maximum atomic E-state index is 2.30. The van der Waals surface area contributed by atoms with Gasteiger partial charge >= 0.3 is 0 Å². The first-order valence-corrected chi connectivity index (χ1v) is 3.75. The predicted octanol–water partition coefficient (Wildman–Crippen LogP) is 2.31. The van der Waals surface area contributed by atoms with Crippen LogP contribution in [0.2, 0.25) is 0 Å². The number of hydrogen-bond acceptors (Lipinski definition) is 1. The van der Waals surface area contributed by atoms with Crippen LogP contribution in [0.1, 0.15) is 20.3 Å². The Morgan fingerprint density at radius 3 is 2.57 bits per heavy atom. The lowest BCUT2D eigenvalue weighted by Gasteiger charge is -2.02. The van der Waals surface area contributed by atoms with Crippen molar-refractivity contribution < 1.29 is 0 Å². The monoisotopic (exact) mass is 115 g/mol. The fourth-order valence-corrected chi connectivity index (χ4v) is 1.94. The van der Waals surface area contributed by atoms with Crippen molar-refractivity contribution in [1.82, 2.24) is 0 Å². The molecular formula is C6H11S. The molecule has 0 aromatic carbocycles. The van der Waals surface area contributed by atoms with Crippen molar-refractivity contribution in [3.05, 3.63) is 5.25 Å². The summed E-state index contributed by atoms with van der Waals surface area (Å²) >= 11 is 2.02. The van der Waals surface area contributed by atoms with Crippen molar-refractivity contribution in [1.29, 1.82) is 0 Å². The van der Waals surface area contributed by atoms with E-state index in [0.717, 1.165) is 5.92 Å². The van der Waals surface area contributed by atoms with Crippen LogP contribution in [0.25, 0.3) is 0 Å². The molecule has 1 heterocycles. The van der Waals surface area contributed by atoms with Crippen molar-refractivity contribution in [2.75, 3.05) is 5.75 Å². The van der Waals surface area contributed by atoms with Crippen LogP contribution in [0, 0.1) is 11.2 Å². The SMILES string of the molecule is C[C]1SCCC1C. The third-order valence-corrected chi connectivity index (χ3v) is 2.87. The molecule has 1 aliphatic rings. The molecule has 1 aliphatic heterocycles. The van der Waals surface area contributed by atoms with Gasteiger partial charge in [-0.05, 0) is 25.0 Å². The van der Waals surface area contributed by atoms with E-state index in [2.05, 4.69) is 13.8 Å². The molecule has 0 spiro atoms. The highest BCUT2D eigenvalue weighted by Gasteiger charge is 2.19. The molecule has 1 fully saturated rings. The van der Waals surface area contributed by atoms with E-state index in [1.165, 1.54) is 12.2 Å². The van der Waals surface area contributed by atoms with Gasteiger partial charge in [0.25, 0.3) is 0 Å². The van der Waals surface area contributed by atoms with Gasteiger partial charge in [-0.1, -0.05) is 6.92 Å². The third-order valence-electron chi connectivity index (χ3n) is 1.57. The Morgan fingerprint density at radius 1 is 1.71 bits per heavy atom. The molecule has 1 saturated heterocycles. The molecule has 0 nitrogen and oxygen atoms in total. The molecule has 0 bridgehead atoms. The van der Waals surface area contributed by atoms with Crippen LogP contribution in [0.15, 0.2) is 0 Å². The normalized spacial score (nSPS) is 34.3. The van der Waals surface area contributed by atoms with Gasteiger partial charge in [0, 0.05) is 5.25 Å². The molecule has 0 aliphatic carbocycles. The summed E-state index contributed by atoms with van der Waals surface area (Å²) < 4.78 is 0. The molecule has 0 aromatic rings. The Balaban J connectivity index is 2.33. The quantitative estimate of drug-likeness (QED) is 0.467. The lowest BCUT2D eigenvalue weighted by atomic mass is 10.1. The van der Waals surface area contributed by atoms with Gasteiger partial charge in [-0.15, -0.1) is 0 Å². The maximum absolute atomic E-state index is 2.30. The minimum atomic E-state index is 0.894. The van der Waals surface area contributed by atoms with Crippen molar-refractivity contribution in [3.63, 3.8) is 0 Å². The Labute approximate surface area is 49.7 Å². The topological polar surface area (TPSA) is 0 Å². The van der Waals surface area contributed by atoms with Crippen LogP contribution >= 0.6 is 11.8 Å². The van der Waals surface area contributed by atoms with Gasteiger partial charge in [0.1, 0.15) is 0 Å². The minimum Gasteiger partial charge on any atom is -0.154 e. The van der Waals surface area contributed by atoms with Crippen LogP contribution in [0.4, 0.5) is 0 Å². The van der Waals surface area contributed by atoms with E-state index >= 15 is 0 Å². The Hall–Kier alpha value is 0.350. The maximum Gasteiger partial charge on any atom is 0.0304 e. The first-order chi connectivity index (χ1) is 3.30. The average molecular weight is 115 g/mol. The van der Waals surface area contributed by atoms with Crippen molar-refractivity contribution >= 4 is 11.8 Å². The van der Waals surface area contributed by atoms with Crippen LogP contribution in [0.3, 0.4) is 0 Å². The van der Waals surface area contributed by atoms with Crippen LogP contribution in [-0.4, -0.2) is 5.75 Å². The first kappa shape index (κ1) is 5.49. The summed E-state index contributed by atoms with van der Waals surface area (Å²) in [5.41, 5.74) is 0. The molecule has 1 unspecified atom stereocenters. The van der Waals surface area contributed by atoms with Gasteiger partial charge in [-0.25, -0.2) is 0 Å². The van der Waals surface area contributed by atoms with Gasteiger partial charge in [-0.3, -0.25) is 0 Å². The van der Waals surface area contributed by atoms with E-state index < -0.39 is 0 Å². The highest BCUT2D eigenvalue weighted by atomic mass is 32.2. The summed E-state index contributed by atoms with van der Waals surface area (Å²) in [5.74, 6) is 2.25. The van der Waals surface area contributed by atoms with Gasteiger partial charge < -0.3 is 0 Å². The zero-order chi connectivity index (χ0) is 5.28. The summed E-state index contributed by atoms with van der Waals surface area (Å²) in [4.78, 5) is 0. The number of hydrogen-bond donors (Lipinski definition) is 0. The summed E-state index contributed by atoms with van der Waals surface area (Å²) in [5, 5.41) is 1.63. The van der Waals surface area contributed by atoms with Crippen LogP contribution in [-0.2, 0) is 0 Å². The second-order valence-electron chi connectivity index (χ2n) is 2.15. The van der Waals surface area contributed by atoms with E-state index in [1.54, 1.807) is 5.25 Å². The van der Waals surface area contributed by atoms with Gasteiger partial charge in [-0.2, -0.15) is 11.8 Å².